The lowest BCUT2D eigenvalue weighted by molar-refractivity contribution is -0.113. The molecule has 0 radical (unpaired) electrons. The lowest BCUT2D eigenvalue weighted by atomic mass is 9.95. The van der Waals surface area contributed by atoms with Gasteiger partial charge >= 0.3 is 0 Å². The van der Waals surface area contributed by atoms with Crippen LogP contribution in [0.5, 0.6) is 5.75 Å². The molecule has 4 rings (SSSR count). The van der Waals surface area contributed by atoms with E-state index in [1.54, 1.807) is 4.68 Å². The molecular formula is C21H20BrN5O2. The zero-order valence-corrected chi connectivity index (χ0v) is 17.6. The lowest BCUT2D eigenvalue weighted by Crippen LogP contribution is -2.31. The number of ether oxygens (including phenoxy) is 1. The Balaban J connectivity index is 1.76. The molecule has 8 heteroatoms. The first-order valence-electron chi connectivity index (χ1n) is 9.25. The van der Waals surface area contributed by atoms with Crippen molar-refractivity contribution in [2.45, 2.75) is 19.9 Å². The van der Waals surface area contributed by atoms with Crippen LogP contribution >= 0.6 is 15.9 Å². The van der Waals surface area contributed by atoms with Crippen LogP contribution in [0.2, 0.25) is 0 Å². The molecule has 1 atom stereocenters. The minimum absolute atomic E-state index is 0.232. The van der Waals surface area contributed by atoms with Gasteiger partial charge in [-0.3, -0.25) is 4.79 Å². The standard InChI is InChI=1S/C21H20BrN5O2/c1-3-29-17-11-7-6-10-16(17)26-20(28)18-13(2)25-21-23-12-24-27(21)19(18)14-8-4-5-9-15(14)22/h4-12,19H,3H2,1-2H3,(H,26,28)(H,23,24,25)/t19-/m1/s1. The van der Waals surface area contributed by atoms with Crippen molar-refractivity contribution >= 4 is 33.5 Å². The number of hydrogen-bond donors (Lipinski definition) is 2. The highest BCUT2D eigenvalue weighted by atomic mass is 79.9. The third-order valence-electron chi connectivity index (χ3n) is 4.67. The molecule has 0 saturated carbocycles. The number of halogens is 1. The van der Waals surface area contributed by atoms with Gasteiger partial charge in [0.05, 0.1) is 17.9 Å². The second kappa shape index (κ2) is 8.08. The highest BCUT2D eigenvalue weighted by molar-refractivity contribution is 9.10. The van der Waals surface area contributed by atoms with Crippen molar-refractivity contribution in [3.05, 3.63) is 76.2 Å². The minimum Gasteiger partial charge on any atom is -0.492 e. The van der Waals surface area contributed by atoms with Gasteiger partial charge in [0.2, 0.25) is 5.95 Å². The molecule has 2 aromatic carbocycles. The van der Waals surface area contributed by atoms with E-state index in [0.29, 0.717) is 29.6 Å². The fourth-order valence-electron chi connectivity index (χ4n) is 3.41. The number of allylic oxidation sites excluding steroid dienone is 1. The number of carbonyl (C=O) groups is 1. The predicted octanol–water partition coefficient (Wildman–Crippen LogP) is 4.37. The first-order chi connectivity index (χ1) is 14.1. The van der Waals surface area contributed by atoms with Gasteiger partial charge in [0.25, 0.3) is 5.91 Å². The third-order valence-corrected chi connectivity index (χ3v) is 5.40. The van der Waals surface area contributed by atoms with Crippen molar-refractivity contribution in [1.29, 1.82) is 0 Å². The van der Waals surface area contributed by atoms with Gasteiger partial charge in [-0.25, -0.2) is 4.68 Å². The number of para-hydroxylation sites is 2. The van der Waals surface area contributed by atoms with Crippen molar-refractivity contribution in [2.24, 2.45) is 0 Å². The summed E-state index contributed by atoms with van der Waals surface area (Å²) < 4.78 is 8.25. The maximum atomic E-state index is 13.4. The molecule has 7 nitrogen and oxygen atoms in total. The quantitative estimate of drug-likeness (QED) is 0.599. The molecule has 148 valence electrons. The number of aromatic nitrogens is 3. The first kappa shape index (κ1) is 19.2. The third kappa shape index (κ3) is 3.63. The number of anilines is 2. The second-order valence-corrected chi connectivity index (χ2v) is 7.35. The predicted molar refractivity (Wildman–Crippen MR) is 115 cm³/mol. The molecule has 1 aliphatic heterocycles. The summed E-state index contributed by atoms with van der Waals surface area (Å²) in [6, 6.07) is 14.8. The molecule has 2 N–H and O–H groups in total. The van der Waals surface area contributed by atoms with Gasteiger partial charge in [0.15, 0.2) is 0 Å². The van der Waals surface area contributed by atoms with Crippen LogP contribution in [0.25, 0.3) is 0 Å². The maximum Gasteiger partial charge on any atom is 0.255 e. The van der Waals surface area contributed by atoms with E-state index in [1.165, 1.54) is 6.33 Å². The number of hydrogen-bond acceptors (Lipinski definition) is 5. The zero-order chi connectivity index (χ0) is 20.4. The van der Waals surface area contributed by atoms with E-state index in [0.717, 1.165) is 15.7 Å². The highest BCUT2D eigenvalue weighted by Crippen LogP contribution is 2.38. The molecule has 3 aromatic rings. The van der Waals surface area contributed by atoms with Crippen LogP contribution in [0.15, 0.2) is 70.6 Å². The van der Waals surface area contributed by atoms with Gasteiger partial charge in [-0.05, 0) is 37.6 Å². The fraction of sp³-hybridized carbons (Fsp3) is 0.190. The maximum absolute atomic E-state index is 13.4. The van der Waals surface area contributed by atoms with Gasteiger partial charge < -0.3 is 15.4 Å². The molecule has 1 aliphatic rings. The Bertz CT molecular complexity index is 1090. The van der Waals surface area contributed by atoms with Crippen LogP contribution < -0.4 is 15.4 Å². The molecule has 0 fully saturated rings. The number of carbonyl (C=O) groups excluding carboxylic acids is 1. The van der Waals surface area contributed by atoms with Crippen LogP contribution in [0.1, 0.15) is 25.5 Å². The first-order valence-corrected chi connectivity index (χ1v) is 10.0. The molecule has 29 heavy (non-hydrogen) atoms. The largest absolute Gasteiger partial charge is 0.492 e. The summed E-state index contributed by atoms with van der Waals surface area (Å²) in [7, 11) is 0. The summed E-state index contributed by atoms with van der Waals surface area (Å²) in [5.41, 5.74) is 2.82. The van der Waals surface area contributed by atoms with Crippen molar-refractivity contribution in [3.63, 3.8) is 0 Å². The van der Waals surface area contributed by atoms with E-state index in [1.807, 2.05) is 62.4 Å². The Labute approximate surface area is 176 Å². The highest BCUT2D eigenvalue weighted by Gasteiger charge is 2.34. The molecule has 1 aromatic heterocycles. The van der Waals surface area contributed by atoms with Crippen LogP contribution in [0.3, 0.4) is 0 Å². The smallest absolute Gasteiger partial charge is 0.255 e. The van der Waals surface area contributed by atoms with Crippen LogP contribution in [-0.2, 0) is 4.79 Å². The summed E-state index contributed by atoms with van der Waals surface area (Å²) in [6.45, 7) is 4.29. The van der Waals surface area contributed by atoms with Crippen LogP contribution in [0, 0.1) is 0 Å². The lowest BCUT2D eigenvalue weighted by Gasteiger charge is -2.29. The SMILES string of the molecule is CCOc1ccccc1NC(=O)C1=C(C)Nc2ncnn2[C@@H]1c1ccccc1Br. The molecular weight excluding hydrogens is 434 g/mol. The number of fused-ring (bicyclic) bond motifs is 1. The average Bonchev–Trinajstić information content (AvgIpc) is 3.17. The summed E-state index contributed by atoms with van der Waals surface area (Å²) >= 11 is 3.61. The van der Waals surface area contributed by atoms with Crippen LogP contribution in [-0.4, -0.2) is 27.3 Å². The van der Waals surface area contributed by atoms with Crippen LogP contribution in [0.4, 0.5) is 11.6 Å². The van der Waals surface area contributed by atoms with Gasteiger partial charge in [-0.2, -0.15) is 10.1 Å². The molecule has 0 saturated heterocycles. The number of rotatable bonds is 5. The zero-order valence-electron chi connectivity index (χ0n) is 16.0. The monoisotopic (exact) mass is 453 g/mol. The topological polar surface area (TPSA) is 81.1 Å². The number of benzene rings is 2. The van der Waals surface area contributed by atoms with Crippen molar-refractivity contribution < 1.29 is 9.53 Å². The van der Waals surface area contributed by atoms with Crippen molar-refractivity contribution in [2.75, 3.05) is 17.2 Å². The van der Waals surface area contributed by atoms with Crippen molar-refractivity contribution in [1.82, 2.24) is 14.8 Å². The summed E-state index contributed by atoms with van der Waals surface area (Å²) in [6.07, 6.45) is 1.48. The molecule has 0 bridgehead atoms. The summed E-state index contributed by atoms with van der Waals surface area (Å²) in [4.78, 5) is 17.7. The van der Waals surface area contributed by atoms with Gasteiger partial charge in [0.1, 0.15) is 18.1 Å². The van der Waals surface area contributed by atoms with Gasteiger partial charge in [-0.1, -0.05) is 46.3 Å². The molecule has 0 spiro atoms. The Hall–Kier alpha value is -3.13. The number of nitrogens with zero attached hydrogens (tertiary/aromatic N) is 3. The Kier molecular flexibility index (Phi) is 5.35. The summed E-state index contributed by atoms with van der Waals surface area (Å²) in [5, 5.41) is 10.5. The average molecular weight is 454 g/mol. The molecule has 1 amide bonds. The van der Waals surface area contributed by atoms with E-state index >= 15 is 0 Å². The van der Waals surface area contributed by atoms with E-state index in [-0.39, 0.29) is 5.91 Å². The van der Waals surface area contributed by atoms with E-state index in [2.05, 4.69) is 36.6 Å². The van der Waals surface area contributed by atoms with E-state index < -0.39 is 6.04 Å². The Morgan fingerprint density at radius 3 is 2.79 bits per heavy atom. The number of nitrogens with one attached hydrogen (secondary N) is 2. The number of amides is 1. The molecule has 0 aliphatic carbocycles. The minimum atomic E-state index is -0.427. The van der Waals surface area contributed by atoms with Gasteiger partial charge in [0, 0.05) is 10.2 Å². The second-order valence-electron chi connectivity index (χ2n) is 6.50. The van der Waals surface area contributed by atoms with Gasteiger partial charge in [-0.15, -0.1) is 0 Å². The van der Waals surface area contributed by atoms with E-state index in [9.17, 15) is 4.79 Å². The normalized spacial score (nSPS) is 15.5. The molecule has 2 heterocycles. The fourth-order valence-corrected chi connectivity index (χ4v) is 3.91. The Morgan fingerprint density at radius 2 is 2.00 bits per heavy atom. The van der Waals surface area contributed by atoms with Crippen molar-refractivity contribution in [3.8, 4) is 5.75 Å². The molecule has 0 unspecified atom stereocenters. The Morgan fingerprint density at radius 1 is 1.24 bits per heavy atom. The van der Waals surface area contributed by atoms with E-state index in [4.69, 9.17) is 4.74 Å². The summed E-state index contributed by atoms with van der Waals surface area (Å²) in [5.74, 6) is 0.989.